The van der Waals surface area contributed by atoms with Gasteiger partial charge in [-0.1, -0.05) is 46.2 Å². The van der Waals surface area contributed by atoms with E-state index in [4.69, 9.17) is 4.74 Å². The van der Waals surface area contributed by atoms with Crippen LogP contribution in [-0.2, 0) is 0 Å². The van der Waals surface area contributed by atoms with Crippen LogP contribution >= 0.6 is 0 Å². The molecule has 1 heterocycles. The SMILES string of the molecule is CCC(C)[C@@H](c1cc(C(C)C)ccc1OC)N1CCNCC1. The van der Waals surface area contributed by atoms with Crippen molar-refractivity contribution >= 4 is 0 Å². The van der Waals surface area contributed by atoms with Gasteiger partial charge in [0.25, 0.3) is 0 Å². The Morgan fingerprint density at radius 2 is 1.86 bits per heavy atom. The van der Waals surface area contributed by atoms with Crippen molar-refractivity contribution in [1.82, 2.24) is 10.2 Å². The first-order valence-corrected chi connectivity index (χ1v) is 8.71. The highest BCUT2D eigenvalue weighted by molar-refractivity contribution is 5.41. The maximum atomic E-state index is 5.70. The zero-order valence-electron chi connectivity index (χ0n) is 14.9. The molecule has 124 valence electrons. The highest BCUT2D eigenvalue weighted by Crippen LogP contribution is 2.38. The summed E-state index contributed by atoms with van der Waals surface area (Å²) in [5, 5.41) is 3.46. The number of ether oxygens (including phenoxy) is 1. The van der Waals surface area contributed by atoms with E-state index in [9.17, 15) is 0 Å². The topological polar surface area (TPSA) is 24.5 Å². The molecule has 22 heavy (non-hydrogen) atoms. The van der Waals surface area contributed by atoms with Crippen molar-refractivity contribution in [1.29, 1.82) is 0 Å². The lowest BCUT2D eigenvalue weighted by atomic mass is 9.87. The fourth-order valence-electron chi connectivity index (χ4n) is 3.39. The number of piperazine rings is 1. The van der Waals surface area contributed by atoms with Crippen molar-refractivity contribution in [3.63, 3.8) is 0 Å². The Labute approximate surface area is 136 Å². The summed E-state index contributed by atoms with van der Waals surface area (Å²) in [5.41, 5.74) is 2.77. The van der Waals surface area contributed by atoms with Crippen LogP contribution in [0.15, 0.2) is 18.2 Å². The summed E-state index contributed by atoms with van der Waals surface area (Å²) in [6, 6.07) is 7.18. The molecular weight excluding hydrogens is 272 g/mol. The molecule has 3 heteroatoms. The highest BCUT2D eigenvalue weighted by atomic mass is 16.5. The molecule has 3 nitrogen and oxygen atoms in total. The van der Waals surface area contributed by atoms with Gasteiger partial charge in [0, 0.05) is 37.8 Å². The summed E-state index contributed by atoms with van der Waals surface area (Å²) in [5.74, 6) is 2.20. The molecule has 1 aromatic rings. The van der Waals surface area contributed by atoms with Crippen LogP contribution in [0, 0.1) is 5.92 Å². The average Bonchev–Trinajstić information content (AvgIpc) is 2.55. The molecule has 1 N–H and O–H groups in total. The van der Waals surface area contributed by atoms with Gasteiger partial charge >= 0.3 is 0 Å². The van der Waals surface area contributed by atoms with Crippen LogP contribution in [-0.4, -0.2) is 38.2 Å². The number of hydrogen-bond acceptors (Lipinski definition) is 3. The van der Waals surface area contributed by atoms with Crippen LogP contribution in [0.3, 0.4) is 0 Å². The molecule has 0 saturated carbocycles. The van der Waals surface area contributed by atoms with Gasteiger partial charge in [-0.15, -0.1) is 0 Å². The molecule has 2 rings (SSSR count). The zero-order valence-corrected chi connectivity index (χ0v) is 14.9. The molecule has 1 unspecified atom stereocenters. The summed E-state index contributed by atoms with van der Waals surface area (Å²) >= 11 is 0. The summed E-state index contributed by atoms with van der Waals surface area (Å²) in [7, 11) is 1.79. The van der Waals surface area contributed by atoms with Crippen LogP contribution in [0.5, 0.6) is 5.75 Å². The molecule has 0 aromatic heterocycles. The third kappa shape index (κ3) is 3.82. The van der Waals surface area contributed by atoms with Crippen LogP contribution in [0.4, 0.5) is 0 Å². The van der Waals surface area contributed by atoms with Gasteiger partial charge in [-0.25, -0.2) is 0 Å². The number of hydrogen-bond donors (Lipinski definition) is 1. The van der Waals surface area contributed by atoms with Gasteiger partial charge in [0.1, 0.15) is 5.75 Å². The zero-order chi connectivity index (χ0) is 16.1. The van der Waals surface area contributed by atoms with Crippen molar-refractivity contribution in [2.45, 2.75) is 46.1 Å². The van der Waals surface area contributed by atoms with Crippen LogP contribution < -0.4 is 10.1 Å². The first kappa shape index (κ1) is 17.3. The van der Waals surface area contributed by atoms with Gasteiger partial charge in [0.05, 0.1) is 7.11 Å². The van der Waals surface area contributed by atoms with E-state index >= 15 is 0 Å². The standard InChI is InChI=1S/C19H32N2O/c1-6-15(4)19(21-11-9-20-10-12-21)17-13-16(14(2)3)7-8-18(17)22-5/h7-8,13-15,19-20H,6,9-12H2,1-5H3/t15?,19-/m0/s1. The van der Waals surface area contributed by atoms with Crippen LogP contribution in [0.25, 0.3) is 0 Å². The maximum Gasteiger partial charge on any atom is 0.123 e. The fourth-order valence-corrected chi connectivity index (χ4v) is 3.39. The van der Waals surface area contributed by atoms with E-state index in [2.05, 4.69) is 56.1 Å². The van der Waals surface area contributed by atoms with E-state index in [1.807, 2.05) is 0 Å². The van der Waals surface area contributed by atoms with E-state index in [-0.39, 0.29) is 0 Å². The van der Waals surface area contributed by atoms with Gasteiger partial charge in [0.15, 0.2) is 0 Å². The molecule has 2 atom stereocenters. The Balaban J connectivity index is 2.42. The number of nitrogens with zero attached hydrogens (tertiary/aromatic N) is 1. The fraction of sp³-hybridized carbons (Fsp3) is 0.684. The van der Waals surface area contributed by atoms with E-state index in [1.165, 1.54) is 17.5 Å². The van der Waals surface area contributed by atoms with E-state index in [0.29, 0.717) is 17.9 Å². The van der Waals surface area contributed by atoms with E-state index < -0.39 is 0 Å². The molecule has 1 saturated heterocycles. The van der Waals surface area contributed by atoms with Gasteiger partial charge in [0.2, 0.25) is 0 Å². The lowest BCUT2D eigenvalue weighted by Gasteiger charge is -2.39. The summed E-state index contributed by atoms with van der Waals surface area (Å²) < 4.78 is 5.70. The maximum absolute atomic E-state index is 5.70. The summed E-state index contributed by atoms with van der Waals surface area (Å²) in [6.45, 7) is 13.6. The quantitative estimate of drug-likeness (QED) is 0.865. The molecule has 0 bridgehead atoms. The minimum Gasteiger partial charge on any atom is -0.496 e. The monoisotopic (exact) mass is 304 g/mol. The molecule has 0 amide bonds. The van der Waals surface area contributed by atoms with Crippen molar-refractivity contribution in [3.8, 4) is 5.75 Å². The van der Waals surface area contributed by atoms with Crippen molar-refractivity contribution in [2.75, 3.05) is 33.3 Å². The average molecular weight is 304 g/mol. The van der Waals surface area contributed by atoms with Gasteiger partial charge in [-0.05, 0) is 23.5 Å². The normalized spacial score (nSPS) is 19.2. The number of rotatable bonds is 6. The second-order valence-electron chi connectivity index (χ2n) is 6.77. The van der Waals surface area contributed by atoms with Crippen LogP contribution in [0.1, 0.15) is 57.2 Å². The molecule has 1 aliphatic rings. The third-order valence-corrected chi connectivity index (χ3v) is 4.97. The Kier molecular flexibility index (Phi) is 6.27. The predicted molar refractivity (Wildman–Crippen MR) is 93.7 cm³/mol. The van der Waals surface area contributed by atoms with E-state index in [0.717, 1.165) is 31.9 Å². The minimum atomic E-state index is 0.445. The van der Waals surface area contributed by atoms with Gasteiger partial charge in [-0.3, -0.25) is 4.90 Å². The largest absolute Gasteiger partial charge is 0.496 e. The molecule has 0 radical (unpaired) electrons. The highest BCUT2D eigenvalue weighted by Gasteiger charge is 2.29. The smallest absolute Gasteiger partial charge is 0.123 e. The lowest BCUT2D eigenvalue weighted by Crippen LogP contribution is -2.46. The Morgan fingerprint density at radius 1 is 1.18 bits per heavy atom. The van der Waals surface area contributed by atoms with Gasteiger partial charge < -0.3 is 10.1 Å². The molecule has 0 spiro atoms. The Morgan fingerprint density at radius 3 is 2.41 bits per heavy atom. The molecule has 1 aromatic carbocycles. The molecule has 1 fully saturated rings. The lowest BCUT2D eigenvalue weighted by molar-refractivity contribution is 0.126. The molecule has 1 aliphatic heterocycles. The first-order valence-electron chi connectivity index (χ1n) is 8.71. The first-order chi connectivity index (χ1) is 10.6. The van der Waals surface area contributed by atoms with Crippen molar-refractivity contribution in [3.05, 3.63) is 29.3 Å². The molecular formula is C19H32N2O. The third-order valence-electron chi connectivity index (χ3n) is 4.97. The summed E-state index contributed by atoms with van der Waals surface area (Å²) in [4.78, 5) is 2.63. The Bertz CT molecular complexity index is 467. The van der Waals surface area contributed by atoms with Gasteiger partial charge in [-0.2, -0.15) is 0 Å². The Hall–Kier alpha value is -1.06. The second-order valence-corrected chi connectivity index (χ2v) is 6.77. The van der Waals surface area contributed by atoms with Crippen molar-refractivity contribution < 1.29 is 4.74 Å². The summed E-state index contributed by atoms with van der Waals surface area (Å²) in [6.07, 6.45) is 1.18. The second kappa shape index (κ2) is 7.98. The van der Waals surface area contributed by atoms with E-state index in [1.54, 1.807) is 7.11 Å². The van der Waals surface area contributed by atoms with Crippen LogP contribution in [0.2, 0.25) is 0 Å². The number of methoxy groups -OCH3 is 1. The predicted octanol–water partition coefficient (Wildman–Crippen LogP) is 3.81. The van der Waals surface area contributed by atoms with Crippen molar-refractivity contribution in [2.24, 2.45) is 5.92 Å². The molecule has 0 aliphatic carbocycles. The number of benzene rings is 1. The number of nitrogens with one attached hydrogen (secondary N) is 1. The minimum absolute atomic E-state index is 0.445.